The van der Waals surface area contributed by atoms with E-state index in [1.165, 1.54) is 39.0 Å². The predicted molar refractivity (Wildman–Crippen MR) is 61.4 cm³/mol. The second kappa shape index (κ2) is 3.78. The van der Waals surface area contributed by atoms with E-state index in [1.54, 1.807) is 0 Å². The van der Waals surface area contributed by atoms with Gasteiger partial charge in [0.25, 0.3) is 0 Å². The second-order valence-corrected chi connectivity index (χ2v) is 5.70. The van der Waals surface area contributed by atoms with Gasteiger partial charge in [-0.05, 0) is 37.8 Å². The number of hydrogen-bond acceptors (Lipinski definition) is 5. The van der Waals surface area contributed by atoms with Crippen molar-refractivity contribution in [2.45, 2.75) is 25.3 Å². The quantitative estimate of drug-likeness (QED) is 0.830. The summed E-state index contributed by atoms with van der Waals surface area (Å²) in [6.07, 6.45) is 2.45. The van der Waals surface area contributed by atoms with Gasteiger partial charge in [-0.1, -0.05) is 5.16 Å². The first kappa shape index (κ1) is 10.0. The molecule has 5 heteroatoms. The van der Waals surface area contributed by atoms with E-state index < -0.39 is 0 Å². The summed E-state index contributed by atoms with van der Waals surface area (Å²) in [5.74, 6) is 3.98. The summed E-state index contributed by atoms with van der Waals surface area (Å²) in [4.78, 5) is 6.96. The molecule has 1 N–H and O–H groups in total. The molecule has 5 nitrogen and oxygen atoms in total. The first-order valence-electron chi connectivity index (χ1n) is 6.64. The highest BCUT2D eigenvalue weighted by Gasteiger charge is 2.36. The topological polar surface area (TPSA) is 54.2 Å². The Kier molecular flexibility index (Phi) is 2.23. The number of nitrogens with one attached hydrogen (secondary N) is 1. The van der Waals surface area contributed by atoms with E-state index in [0.717, 1.165) is 30.1 Å². The van der Waals surface area contributed by atoms with Crippen molar-refractivity contribution >= 4 is 0 Å². The lowest BCUT2D eigenvalue weighted by Gasteiger charge is -2.13. The van der Waals surface area contributed by atoms with Crippen LogP contribution < -0.4 is 5.32 Å². The molecule has 2 aliphatic heterocycles. The zero-order chi connectivity index (χ0) is 11.2. The minimum atomic E-state index is 0.568. The summed E-state index contributed by atoms with van der Waals surface area (Å²) >= 11 is 0. The Morgan fingerprint density at radius 1 is 1.24 bits per heavy atom. The van der Waals surface area contributed by atoms with Crippen molar-refractivity contribution in [3.63, 3.8) is 0 Å². The summed E-state index contributed by atoms with van der Waals surface area (Å²) in [6, 6.07) is 0. The molecule has 0 bridgehead atoms. The third kappa shape index (κ3) is 1.87. The molecular weight excluding hydrogens is 216 g/mol. The Hall–Kier alpha value is -0.940. The fourth-order valence-electron chi connectivity index (χ4n) is 3.11. The van der Waals surface area contributed by atoms with Gasteiger partial charge in [-0.3, -0.25) is 4.90 Å². The van der Waals surface area contributed by atoms with Gasteiger partial charge in [-0.2, -0.15) is 4.98 Å². The molecule has 3 aliphatic rings. The number of nitrogens with zero attached hydrogens (tertiary/aromatic N) is 3. The molecule has 1 aromatic heterocycles. The van der Waals surface area contributed by atoms with Gasteiger partial charge in [-0.25, -0.2) is 0 Å². The Morgan fingerprint density at radius 2 is 2.00 bits per heavy atom. The van der Waals surface area contributed by atoms with E-state index in [1.807, 2.05) is 0 Å². The van der Waals surface area contributed by atoms with Crippen LogP contribution in [-0.4, -0.2) is 41.2 Å². The molecule has 1 aromatic rings. The summed E-state index contributed by atoms with van der Waals surface area (Å²) in [5.41, 5.74) is 0. The molecule has 1 saturated carbocycles. The zero-order valence-corrected chi connectivity index (χ0v) is 9.93. The highest BCUT2D eigenvalue weighted by molar-refractivity contribution is 5.02. The van der Waals surface area contributed by atoms with Crippen LogP contribution >= 0.6 is 0 Å². The molecule has 3 heterocycles. The highest BCUT2D eigenvalue weighted by atomic mass is 16.5. The lowest BCUT2D eigenvalue weighted by atomic mass is 10.0. The van der Waals surface area contributed by atoms with Crippen LogP contribution in [0.2, 0.25) is 0 Å². The van der Waals surface area contributed by atoms with E-state index in [4.69, 9.17) is 4.52 Å². The van der Waals surface area contributed by atoms with Crippen LogP contribution in [-0.2, 0) is 6.54 Å². The molecule has 4 rings (SSSR count). The maximum Gasteiger partial charge on any atom is 0.229 e. The van der Waals surface area contributed by atoms with Crippen molar-refractivity contribution < 1.29 is 4.52 Å². The SMILES string of the molecule is C1CC1c1nc(CN2CC3CNCC3C2)no1. The van der Waals surface area contributed by atoms with E-state index in [9.17, 15) is 0 Å². The Bertz CT molecular complexity index is 402. The molecule has 0 amide bonds. The molecule has 1 aliphatic carbocycles. The van der Waals surface area contributed by atoms with Crippen LogP contribution in [0.4, 0.5) is 0 Å². The van der Waals surface area contributed by atoms with Gasteiger partial charge in [0.1, 0.15) is 0 Å². The fraction of sp³-hybridized carbons (Fsp3) is 0.833. The second-order valence-electron chi connectivity index (χ2n) is 5.70. The first-order valence-corrected chi connectivity index (χ1v) is 6.64. The van der Waals surface area contributed by atoms with Gasteiger partial charge in [0.15, 0.2) is 5.82 Å². The number of likely N-dealkylation sites (tertiary alicyclic amines) is 1. The molecule has 2 saturated heterocycles. The van der Waals surface area contributed by atoms with E-state index in [0.29, 0.717) is 5.92 Å². The predicted octanol–water partition coefficient (Wildman–Crippen LogP) is 0.598. The third-order valence-electron chi connectivity index (χ3n) is 4.24. The lowest BCUT2D eigenvalue weighted by Crippen LogP contribution is -2.25. The average Bonchev–Trinajstić information content (AvgIpc) is 2.72. The van der Waals surface area contributed by atoms with E-state index in [2.05, 4.69) is 20.4 Å². The van der Waals surface area contributed by atoms with Gasteiger partial charge in [-0.15, -0.1) is 0 Å². The minimum Gasteiger partial charge on any atom is -0.339 e. The van der Waals surface area contributed by atoms with Crippen LogP contribution in [0.1, 0.15) is 30.5 Å². The molecule has 92 valence electrons. The molecule has 3 fully saturated rings. The van der Waals surface area contributed by atoms with Crippen LogP contribution in [0.5, 0.6) is 0 Å². The molecule has 0 spiro atoms. The Morgan fingerprint density at radius 3 is 2.71 bits per heavy atom. The van der Waals surface area contributed by atoms with Crippen molar-refractivity contribution in [2.75, 3.05) is 26.2 Å². The van der Waals surface area contributed by atoms with Gasteiger partial charge in [0, 0.05) is 19.0 Å². The van der Waals surface area contributed by atoms with Gasteiger partial charge < -0.3 is 9.84 Å². The van der Waals surface area contributed by atoms with Crippen molar-refractivity contribution in [2.24, 2.45) is 11.8 Å². The lowest BCUT2D eigenvalue weighted by molar-refractivity contribution is 0.289. The monoisotopic (exact) mass is 234 g/mol. The number of fused-ring (bicyclic) bond motifs is 1. The van der Waals surface area contributed by atoms with Gasteiger partial charge in [0.05, 0.1) is 6.54 Å². The number of rotatable bonds is 3. The minimum absolute atomic E-state index is 0.568. The van der Waals surface area contributed by atoms with Crippen LogP contribution in [0.15, 0.2) is 4.52 Å². The molecule has 0 aromatic carbocycles. The van der Waals surface area contributed by atoms with Crippen LogP contribution in [0, 0.1) is 11.8 Å². The average molecular weight is 234 g/mol. The molecule has 2 unspecified atom stereocenters. The Balaban J connectivity index is 1.40. The van der Waals surface area contributed by atoms with Crippen LogP contribution in [0.3, 0.4) is 0 Å². The number of aromatic nitrogens is 2. The smallest absolute Gasteiger partial charge is 0.229 e. The van der Waals surface area contributed by atoms with Crippen molar-refractivity contribution in [3.05, 3.63) is 11.7 Å². The summed E-state index contributed by atoms with van der Waals surface area (Å²) < 4.78 is 5.29. The molecule has 2 atom stereocenters. The third-order valence-corrected chi connectivity index (χ3v) is 4.24. The maximum absolute atomic E-state index is 5.29. The van der Waals surface area contributed by atoms with Gasteiger partial charge >= 0.3 is 0 Å². The summed E-state index contributed by atoms with van der Waals surface area (Å²) in [7, 11) is 0. The summed E-state index contributed by atoms with van der Waals surface area (Å²) in [6.45, 7) is 5.60. The van der Waals surface area contributed by atoms with Crippen molar-refractivity contribution in [1.29, 1.82) is 0 Å². The van der Waals surface area contributed by atoms with Crippen molar-refractivity contribution in [3.8, 4) is 0 Å². The standard InChI is InChI=1S/C12H18N4O/c1-2-8(1)12-14-11(15-17-12)7-16-5-9-3-13-4-10(9)6-16/h8-10,13H,1-7H2. The zero-order valence-electron chi connectivity index (χ0n) is 9.93. The maximum atomic E-state index is 5.29. The molecule has 17 heavy (non-hydrogen) atoms. The largest absolute Gasteiger partial charge is 0.339 e. The van der Waals surface area contributed by atoms with Crippen molar-refractivity contribution in [1.82, 2.24) is 20.4 Å². The fourth-order valence-corrected chi connectivity index (χ4v) is 3.11. The van der Waals surface area contributed by atoms with Gasteiger partial charge in [0.2, 0.25) is 5.89 Å². The molecular formula is C12H18N4O. The Labute approximate surface area is 101 Å². The van der Waals surface area contributed by atoms with E-state index in [-0.39, 0.29) is 0 Å². The molecule has 0 radical (unpaired) electrons. The normalized spacial score (nSPS) is 33.2. The summed E-state index contributed by atoms with van der Waals surface area (Å²) in [5, 5.41) is 7.55. The number of hydrogen-bond donors (Lipinski definition) is 1. The van der Waals surface area contributed by atoms with E-state index >= 15 is 0 Å². The van der Waals surface area contributed by atoms with Crippen LogP contribution in [0.25, 0.3) is 0 Å². The highest BCUT2D eigenvalue weighted by Crippen LogP contribution is 2.39. The first-order chi connectivity index (χ1) is 8.38.